The van der Waals surface area contributed by atoms with Gasteiger partial charge in [-0.25, -0.2) is 0 Å². The minimum absolute atomic E-state index is 0.160. The molecule has 0 spiro atoms. The Bertz CT molecular complexity index is 625. The zero-order valence-corrected chi connectivity index (χ0v) is 30.3. The molecular formula is C40H79NO4. The van der Waals surface area contributed by atoms with Crippen LogP contribution in [0.4, 0.5) is 0 Å². The molecule has 1 amide bonds. The van der Waals surface area contributed by atoms with Crippen LogP contribution in [0.2, 0.25) is 0 Å². The van der Waals surface area contributed by atoms with E-state index in [9.17, 15) is 20.1 Å². The number of carbonyl (C=O) groups is 1. The molecule has 0 aromatic heterocycles. The van der Waals surface area contributed by atoms with Gasteiger partial charge in [0.2, 0.25) is 5.91 Å². The second kappa shape index (κ2) is 35.9. The predicted molar refractivity (Wildman–Crippen MR) is 195 cm³/mol. The smallest absolute Gasteiger partial charge is 0.220 e. The molecule has 0 aliphatic carbocycles. The second-order valence-electron chi connectivity index (χ2n) is 13.8. The summed E-state index contributed by atoms with van der Waals surface area (Å²) in [7, 11) is 0. The maximum absolute atomic E-state index is 12.3. The van der Waals surface area contributed by atoms with E-state index in [0.29, 0.717) is 12.8 Å². The van der Waals surface area contributed by atoms with E-state index < -0.39 is 18.2 Å². The molecule has 0 bridgehead atoms. The maximum atomic E-state index is 12.3. The third kappa shape index (κ3) is 31.5. The Kier molecular flexibility index (Phi) is 35.2. The minimum Gasteiger partial charge on any atom is -0.394 e. The summed E-state index contributed by atoms with van der Waals surface area (Å²) in [5, 5.41) is 33.4. The van der Waals surface area contributed by atoms with Crippen LogP contribution in [0.5, 0.6) is 0 Å². The fourth-order valence-electron chi connectivity index (χ4n) is 6.21. The summed E-state index contributed by atoms with van der Waals surface area (Å²) in [5.74, 6) is -0.160. The number of unbranched alkanes of at least 4 members (excludes halogenated alkanes) is 26. The van der Waals surface area contributed by atoms with Gasteiger partial charge in [-0.1, -0.05) is 180 Å². The number of allylic oxidation sites excluding steroid dienone is 2. The van der Waals surface area contributed by atoms with Crippen LogP contribution in [0, 0.1) is 0 Å². The van der Waals surface area contributed by atoms with Gasteiger partial charge in [-0.05, 0) is 38.5 Å². The maximum Gasteiger partial charge on any atom is 0.220 e. The van der Waals surface area contributed by atoms with Crippen molar-refractivity contribution in [2.45, 2.75) is 231 Å². The van der Waals surface area contributed by atoms with Crippen LogP contribution in [0.15, 0.2) is 12.2 Å². The Morgan fingerprint density at radius 2 is 0.889 bits per heavy atom. The van der Waals surface area contributed by atoms with Crippen LogP contribution in [-0.4, -0.2) is 46.1 Å². The number of carbonyl (C=O) groups excluding carboxylic acids is 1. The Labute approximate surface area is 280 Å². The molecule has 0 rings (SSSR count). The van der Waals surface area contributed by atoms with Crippen molar-refractivity contribution in [2.24, 2.45) is 0 Å². The summed E-state index contributed by atoms with van der Waals surface area (Å²) < 4.78 is 0. The first-order valence-electron chi connectivity index (χ1n) is 20.0. The van der Waals surface area contributed by atoms with Crippen LogP contribution < -0.4 is 5.32 Å². The van der Waals surface area contributed by atoms with Gasteiger partial charge in [0, 0.05) is 6.42 Å². The van der Waals surface area contributed by atoms with Crippen molar-refractivity contribution in [2.75, 3.05) is 6.61 Å². The summed E-state index contributed by atoms with van der Waals surface area (Å²) in [5.41, 5.74) is 0. The fourth-order valence-corrected chi connectivity index (χ4v) is 6.21. The van der Waals surface area contributed by atoms with E-state index in [1.54, 1.807) is 0 Å². The molecule has 45 heavy (non-hydrogen) atoms. The van der Waals surface area contributed by atoms with Gasteiger partial charge in [0.05, 0.1) is 18.8 Å². The summed E-state index contributed by atoms with van der Waals surface area (Å²) in [4.78, 5) is 12.3. The first kappa shape index (κ1) is 44.1. The lowest BCUT2D eigenvalue weighted by molar-refractivity contribution is -0.124. The molecule has 0 saturated heterocycles. The van der Waals surface area contributed by atoms with Crippen molar-refractivity contribution in [3.63, 3.8) is 0 Å². The van der Waals surface area contributed by atoms with Crippen molar-refractivity contribution in [1.82, 2.24) is 5.32 Å². The number of aliphatic hydroxyl groups is 3. The first-order valence-corrected chi connectivity index (χ1v) is 20.0. The van der Waals surface area contributed by atoms with Crippen LogP contribution in [-0.2, 0) is 4.79 Å². The van der Waals surface area contributed by atoms with Crippen LogP contribution in [0.3, 0.4) is 0 Å². The second-order valence-corrected chi connectivity index (χ2v) is 13.8. The first-order chi connectivity index (χ1) is 22.1. The van der Waals surface area contributed by atoms with E-state index in [4.69, 9.17) is 0 Å². The predicted octanol–water partition coefficient (Wildman–Crippen LogP) is 10.9. The normalized spacial score (nSPS) is 13.8. The lowest BCUT2D eigenvalue weighted by Crippen LogP contribution is -2.50. The molecule has 3 atom stereocenters. The highest BCUT2D eigenvalue weighted by atomic mass is 16.3. The monoisotopic (exact) mass is 638 g/mol. The SMILES string of the molecule is CCCCCCCC/C=C\CCCCCC(=O)NC(CO)C(O)C(O)CCCCCCCCCCCCCCCCCCCC. The number of amides is 1. The highest BCUT2D eigenvalue weighted by molar-refractivity contribution is 5.76. The molecule has 5 nitrogen and oxygen atoms in total. The van der Waals surface area contributed by atoms with Crippen LogP contribution >= 0.6 is 0 Å². The standard InChI is InChI=1S/C40H79NO4/c1-3-5-7-9-11-13-15-17-18-19-20-21-23-24-26-28-30-32-34-38(43)40(45)37(36-42)41-39(44)35-33-31-29-27-25-22-16-14-12-10-8-6-4-2/h22,25,37-38,40,42-43,45H,3-21,23-24,26-36H2,1-2H3,(H,41,44)/b25-22-. The molecule has 0 heterocycles. The van der Waals surface area contributed by atoms with Crippen molar-refractivity contribution in [1.29, 1.82) is 0 Å². The van der Waals surface area contributed by atoms with E-state index in [-0.39, 0.29) is 12.5 Å². The molecule has 0 saturated carbocycles. The number of hydrogen-bond donors (Lipinski definition) is 4. The van der Waals surface area contributed by atoms with Gasteiger partial charge in [0.25, 0.3) is 0 Å². The van der Waals surface area contributed by atoms with Gasteiger partial charge in [-0.15, -0.1) is 0 Å². The van der Waals surface area contributed by atoms with Crippen molar-refractivity contribution in [3.8, 4) is 0 Å². The van der Waals surface area contributed by atoms with E-state index >= 15 is 0 Å². The average Bonchev–Trinajstić information content (AvgIpc) is 3.04. The Balaban J connectivity index is 3.65. The van der Waals surface area contributed by atoms with Crippen molar-refractivity contribution in [3.05, 3.63) is 12.2 Å². The molecule has 0 aliphatic rings. The van der Waals surface area contributed by atoms with E-state index in [2.05, 4.69) is 31.3 Å². The summed E-state index contributed by atoms with van der Waals surface area (Å²) in [6, 6.07) is -0.812. The fraction of sp³-hybridized carbons (Fsp3) is 0.925. The van der Waals surface area contributed by atoms with Gasteiger partial charge in [-0.3, -0.25) is 4.79 Å². The quantitative estimate of drug-likeness (QED) is 0.0406. The average molecular weight is 638 g/mol. The highest BCUT2D eigenvalue weighted by Crippen LogP contribution is 2.16. The zero-order valence-electron chi connectivity index (χ0n) is 30.3. The molecule has 0 aliphatic heterocycles. The molecule has 3 unspecified atom stereocenters. The third-order valence-corrected chi connectivity index (χ3v) is 9.37. The summed E-state index contributed by atoms with van der Waals surface area (Å²) >= 11 is 0. The van der Waals surface area contributed by atoms with Gasteiger partial charge in [-0.2, -0.15) is 0 Å². The van der Waals surface area contributed by atoms with Gasteiger partial charge in [0.15, 0.2) is 0 Å². The Hall–Kier alpha value is -0.910. The van der Waals surface area contributed by atoms with Crippen LogP contribution in [0.25, 0.3) is 0 Å². The number of hydrogen-bond acceptors (Lipinski definition) is 4. The Morgan fingerprint density at radius 1 is 0.533 bits per heavy atom. The summed E-state index contributed by atoms with van der Waals surface area (Å²) in [6.45, 7) is 4.16. The highest BCUT2D eigenvalue weighted by Gasteiger charge is 2.26. The van der Waals surface area contributed by atoms with E-state index in [1.807, 2.05) is 0 Å². The minimum atomic E-state index is -1.14. The molecule has 268 valence electrons. The van der Waals surface area contributed by atoms with Crippen molar-refractivity contribution >= 4 is 5.91 Å². The number of aliphatic hydroxyl groups excluding tert-OH is 3. The molecule has 0 fully saturated rings. The molecule has 4 N–H and O–H groups in total. The van der Waals surface area contributed by atoms with Gasteiger partial charge in [0.1, 0.15) is 6.10 Å². The lowest BCUT2D eigenvalue weighted by atomic mass is 9.99. The zero-order chi connectivity index (χ0) is 33.1. The molecule has 0 radical (unpaired) electrons. The largest absolute Gasteiger partial charge is 0.394 e. The molecule has 0 aromatic carbocycles. The van der Waals surface area contributed by atoms with Crippen LogP contribution in [0.1, 0.15) is 213 Å². The topological polar surface area (TPSA) is 89.8 Å². The van der Waals surface area contributed by atoms with E-state index in [1.165, 1.54) is 141 Å². The number of rotatable bonds is 36. The third-order valence-electron chi connectivity index (χ3n) is 9.37. The molecule has 5 heteroatoms. The van der Waals surface area contributed by atoms with Gasteiger partial charge >= 0.3 is 0 Å². The van der Waals surface area contributed by atoms with Crippen molar-refractivity contribution < 1.29 is 20.1 Å². The molecular weight excluding hydrogens is 558 g/mol. The Morgan fingerprint density at radius 3 is 1.29 bits per heavy atom. The van der Waals surface area contributed by atoms with Gasteiger partial charge < -0.3 is 20.6 Å². The van der Waals surface area contributed by atoms with E-state index in [0.717, 1.165) is 44.9 Å². The number of nitrogens with one attached hydrogen (secondary N) is 1. The lowest BCUT2D eigenvalue weighted by Gasteiger charge is -2.26. The molecule has 0 aromatic rings. The summed E-state index contributed by atoms with van der Waals surface area (Å²) in [6.07, 6.45) is 40.2.